The molecular formula is C23H24ClN5O4. The van der Waals surface area contributed by atoms with E-state index in [9.17, 15) is 14.9 Å². The second-order valence-electron chi connectivity index (χ2n) is 8.16. The van der Waals surface area contributed by atoms with Crippen LogP contribution in [0.4, 0.5) is 11.4 Å². The topological polar surface area (TPSA) is 106 Å². The molecule has 33 heavy (non-hydrogen) atoms. The first kappa shape index (κ1) is 22.7. The maximum absolute atomic E-state index is 13.3. The molecule has 2 aromatic carbocycles. The van der Waals surface area contributed by atoms with Crippen LogP contribution in [-0.4, -0.2) is 45.1 Å². The molecule has 1 amide bonds. The third kappa shape index (κ3) is 4.83. The van der Waals surface area contributed by atoms with E-state index < -0.39 is 4.92 Å². The molecule has 1 aliphatic rings. The van der Waals surface area contributed by atoms with Crippen LogP contribution in [0.25, 0.3) is 11.5 Å². The van der Waals surface area contributed by atoms with Crippen molar-refractivity contribution in [2.75, 3.05) is 18.0 Å². The Kier molecular flexibility index (Phi) is 6.60. The van der Waals surface area contributed by atoms with E-state index in [0.29, 0.717) is 16.3 Å². The number of rotatable bonds is 7. The monoisotopic (exact) mass is 469 g/mol. The van der Waals surface area contributed by atoms with Crippen molar-refractivity contribution in [1.29, 1.82) is 0 Å². The number of halogens is 1. The molecule has 10 heteroatoms. The Morgan fingerprint density at radius 1 is 1.21 bits per heavy atom. The third-order valence-electron chi connectivity index (χ3n) is 5.63. The van der Waals surface area contributed by atoms with Crippen LogP contribution in [0.5, 0.6) is 0 Å². The van der Waals surface area contributed by atoms with Gasteiger partial charge in [-0.3, -0.25) is 14.9 Å². The highest BCUT2D eigenvalue weighted by molar-refractivity contribution is 6.33. The highest BCUT2D eigenvalue weighted by atomic mass is 35.5. The molecule has 0 atom stereocenters. The second kappa shape index (κ2) is 9.58. The van der Waals surface area contributed by atoms with E-state index >= 15 is 0 Å². The molecule has 2 heterocycles. The van der Waals surface area contributed by atoms with Gasteiger partial charge in [0.15, 0.2) is 0 Å². The molecule has 1 saturated heterocycles. The van der Waals surface area contributed by atoms with E-state index in [1.165, 1.54) is 6.07 Å². The Morgan fingerprint density at radius 3 is 2.61 bits per heavy atom. The molecule has 0 bridgehead atoms. The van der Waals surface area contributed by atoms with Gasteiger partial charge in [0, 0.05) is 30.8 Å². The summed E-state index contributed by atoms with van der Waals surface area (Å²) in [5, 5.41) is 20.3. The molecule has 0 unspecified atom stereocenters. The summed E-state index contributed by atoms with van der Waals surface area (Å²) in [6.07, 6.45) is 2.00. The number of carbonyl (C=O) groups excluding carboxylic acids is 1. The van der Waals surface area contributed by atoms with Crippen LogP contribution >= 0.6 is 11.6 Å². The van der Waals surface area contributed by atoms with Gasteiger partial charge in [0.25, 0.3) is 11.6 Å². The summed E-state index contributed by atoms with van der Waals surface area (Å²) in [5.41, 5.74) is 1.33. The zero-order chi connectivity index (χ0) is 23.5. The Bertz CT molecular complexity index is 1170. The van der Waals surface area contributed by atoms with Gasteiger partial charge in [0.1, 0.15) is 5.69 Å². The van der Waals surface area contributed by atoms with Crippen LogP contribution in [0.1, 0.15) is 42.9 Å². The van der Waals surface area contributed by atoms with Crippen molar-refractivity contribution in [2.24, 2.45) is 0 Å². The van der Waals surface area contributed by atoms with Crippen LogP contribution < -0.4 is 4.90 Å². The number of nitrogens with zero attached hydrogens (tertiary/aromatic N) is 5. The van der Waals surface area contributed by atoms with Crippen molar-refractivity contribution < 1.29 is 14.1 Å². The molecule has 0 spiro atoms. The van der Waals surface area contributed by atoms with Crippen LogP contribution in [0.15, 0.2) is 46.9 Å². The Morgan fingerprint density at radius 2 is 1.94 bits per heavy atom. The van der Waals surface area contributed by atoms with Crippen molar-refractivity contribution in [3.05, 3.63) is 69.1 Å². The molecule has 0 N–H and O–H groups in total. The lowest BCUT2D eigenvalue weighted by Gasteiger charge is -2.25. The molecule has 1 aromatic heterocycles. The fraction of sp³-hybridized carbons (Fsp3) is 0.348. The summed E-state index contributed by atoms with van der Waals surface area (Å²) in [7, 11) is 0. The van der Waals surface area contributed by atoms with E-state index in [0.717, 1.165) is 25.9 Å². The third-order valence-corrected chi connectivity index (χ3v) is 5.96. The minimum atomic E-state index is -0.433. The zero-order valence-electron chi connectivity index (χ0n) is 18.4. The first-order valence-corrected chi connectivity index (χ1v) is 11.1. The summed E-state index contributed by atoms with van der Waals surface area (Å²) in [4.78, 5) is 28.1. The predicted molar refractivity (Wildman–Crippen MR) is 124 cm³/mol. The average molecular weight is 470 g/mol. The van der Waals surface area contributed by atoms with Crippen molar-refractivity contribution in [3.8, 4) is 11.5 Å². The number of aromatic nitrogens is 2. The van der Waals surface area contributed by atoms with Gasteiger partial charge in [-0.2, -0.15) is 0 Å². The molecule has 1 aliphatic heterocycles. The van der Waals surface area contributed by atoms with Gasteiger partial charge >= 0.3 is 0 Å². The second-order valence-corrected chi connectivity index (χ2v) is 8.57. The minimum Gasteiger partial charge on any atom is -0.419 e. The van der Waals surface area contributed by atoms with Gasteiger partial charge < -0.3 is 14.2 Å². The number of hydrogen-bond acceptors (Lipinski definition) is 7. The molecule has 0 aliphatic carbocycles. The van der Waals surface area contributed by atoms with Gasteiger partial charge in [-0.1, -0.05) is 23.7 Å². The van der Waals surface area contributed by atoms with Gasteiger partial charge in [-0.25, -0.2) is 0 Å². The van der Waals surface area contributed by atoms with Crippen LogP contribution in [0.2, 0.25) is 5.02 Å². The Hall–Kier alpha value is -3.46. The molecular weight excluding hydrogens is 446 g/mol. The summed E-state index contributed by atoms with van der Waals surface area (Å²) < 4.78 is 5.75. The smallest absolute Gasteiger partial charge is 0.293 e. The Labute approximate surface area is 196 Å². The minimum absolute atomic E-state index is 0.0646. The number of hydrogen-bond donors (Lipinski definition) is 0. The first-order valence-electron chi connectivity index (χ1n) is 10.8. The van der Waals surface area contributed by atoms with Crippen LogP contribution in [-0.2, 0) is 6.54 Å². The van der Waals surface area contributed by atoms with E-state index in [1.54, 1.807) is 35.2 Å². The van der Waals surface area contributed by atoms with E-state index in [1.807, 2.05) is 24.8 Å². The number of nitro groups is 1. The maximum atomic E-state index is 13.3. The molecule has 4 rings (SSSR count). The lowest BCUT2D eigenvalue weighted by atomic mass is 10.1. The highest BCUT2D eigenvalue weighted by Gasteiger charge is 2.27. The van der Waals surface area contributed by atoms with Crippen LogP contribution in [0.3, 0.4) is 0 Å². The zero-order valence-corrected chi connectivity index (χ0v) is 19.2. The first-order chi connectivity index (χ1) is 15.8. The normalized spacial score (nSPS) is 13.5. The number of nitro benzene ring substituents is 1. The standard InChI is InChI=1S/C23H24ClN5O4/c1-15(2)28(14-21-25-26-22(33-21)17-7-3-4-8-18(17)24)23(30)16-9-10-19(20(13-16)29(31)32)27-11-5-6-12-27/h3-4,7-10,13,15H,5-6,11-12,14H2,1-2H3. The molecule has 1 fully saturated rings. The number of amides is 1. The van der Waals surface area contributed by atoms with Gasteiger partial charge in [-0.05, 0) is 51.0 Å². The van der Waals surface area contributed by atoms with E-state index in [4.69, 9.17) is 16.0 Å². The lowest BCUT2D eigenvalue weighted by Crippen LogP contribution is -2.36. The molecule has 0 saturated carbocycles. The van der Waals surface area contributed by atoms with Gasteiger partial charge in [0.05, 0.1) is 22.1 Å². The van der Waals surface area contributed by atoms with Crippen molar-refractivity contribution in [1.82, 2.24) is 15.1 Å². The highest BCUT2D eigenvalue weighted by Crippen LogP contribution is 2.32. The molecule has 0 radical (unpaired) electrons. The van der Waals surface area contributed by atoms with Crippen molar-refractivity contribution >= 4 is 28.9 Å². The lowest BCUT2D eigenvalue weighted by molar-refractivity contribution is -0.384. The van der Waals surface area contributed by atoms with Crippen molar-refractivity contribution in [2.45, 2.75) is 39.3 Å². The van der Waals surface area contributed by atoms with E-state index in [2.05, 4.69) is 10.2 Å². The fourth-order valence-corrected chi connectivity index (χ4v) is 4.11. The summed E-state index contributed by atoms with van der Waals surface area (Å²) in [6.45, 7) is 5.33. The molecule has 3 aromatic rings. The molecule has 9 nitrogen and oxygen atoms in total. The number of benzene rings is 2. The summed E-state index contributed by atoms with van der Waals surface area (Å²) in [5.74, 6) is 0.158. The maximum Gasteiger partial charge on any atom is 0.293 e. The number of carbonyl (C=O) groups is 1. The largest absolute Gasteiger partial charge is 0.419 e. The predicted octanol–water partition coefficient (Wildman–Crippen LogP) is 4.95. The van der Waals surface area contributed by atoms with Gasteiger partial charge in [0.2, 0.25) is 11.8 Å². The summed E-state index contributed by atoms with van der Waals surface area (Å²) in [6, 6.07) is 11.6. The Balaban J connectivity index is 1.59. The molecule has 172 valence electrons. The van der Waals surface area contributed by atoms with E-state index in [-0.39, 0.29) is 41.5 Å². The van der Waals surface area contributed by atoms with Gasteiger partial charge in [-0.15, -0.1) is 10.2 Å². The van der Waals surface area contributed by atoms with Crippen LogP contribution in [0, 0.1) is 10.1 Å². The fourth-order valence-electron chi connectivity index (χ4n) is 3.89. The van der Waals surface area contributed by atoms with Crippen molar-refractivity contribution in [3.63, 3.8) is 0 Å². The number of anilines is 1. The SMILES string of the molecule is CC(C)N(Cc1nnc(-c2ccccc2Cl)o1)C(=O)c1ccc(N2CCCC2)c([N+](=O)[O-])c1. The quantitative estimate of drug-likeness (QED) is 0.356. The average Bonchev–Trinajstić information content (AvgIpc) is 3.49. The summed E-state index contributed by atoms with van der Waals surface area (Å²) >= 11 is 6.20.